The quantitative estimate of drug-likeness (QED) is 0.686. The maximum atomic E-state index is 9.31. The lowest BCUT2D eigenvalue weighted by Crippen LogP contribution is -2.36. The van der Waals surface area contributed by atoms with Crippen LogP contribution in [0.3, 0.4) is 0 Å². The number of anilines is 1. The van der Waals surface area contributed by atoms with E-state index in [0.717, 1.165) is 35.2 Å². The van der Waals surface area contributed by atoms with Gasteiger partial charge in [-0.3, -0.25) is 0 Å². The molecule has 0 amide bonds. The topological polar surface area (TPSA) is 110 Å². The molecule has 4 rings (SSSR count). The number of aromatic nitrogens is 3. The summed E-state index contributed by atoms with van der Waals surface area (Å²) >= 11 is 1.41. The van der Waals surface area contributed by atoms with Crippen LogP contribution < -0.4 is 15.4 Å². The second kappa shape index (κ2) is 8.53. The van der Waals surface area contributed by atoms with Crippen LogP contribution in [0.1, 0.15) is 16.3 Å². The van der Waals surface area contributed by atoms with E-state index in [1.54, 1.807) is 12.1 Å². The van der Waals surface area contributed by atoms with E-state index in [1.807, 2.05) is 25.1 Å². The van der Waals surface area contributed by atoms with Gasteiger partial charge in [0.15, 0.2) is 5.01 Å². The number of morpholine rings is 1. The van der Waals surface area contributed by atoms with E-state index in [-0.39, 0.29) is 0 Å². The molecule has 0 spiro atoms. The molecule has 2 N–H and O–H groups in total. The fourth-order valence-corrected chi connectivity index (χ4v) is 3.81. The SMILES string of the molecule is Cc1cc(Oc2cc(C#N)ccc2-c2nnc(CN)s2)cc(N2CCOCC2)n1. The molecular weight excluding hydrogens is 388 g/mol. The maximum Gasteiger partial charge on any atom is 0.151 e. The third-order valence-corrected chi connectivity index (χ3v) is 5.44. The lowest BCUT2D eigenvalue weighted by molar-refractivity contribution is 0.122. The van der Waals surface area contributed by atoms with Crippen LogP contribution in [0.15, 0.2) is 30.3 Å². The Labute approximate surface area is 172 Å². The number of nitriles is 1. The van der Waals surface area contributed by atoms with Crippen molar-refractivity contribution in [1.82, 2.24) is 15.2 Å². The van der Waals surface area contributed by atoms with Gasteiger partial charge in [-0.15, -0.1) is 10.2 Å². The van der Waals surface area contributed by atoms with Crippen molar-refractivity contribution < 1.29 is 9.47 Å². The van der Waals surface area contributed by atoms with Gasteiger partial charge in [0.05, 0.1) is 30.4 Å². The van der Waals surface area contributed by atoms with Gasteiger partial charge in [0, 0.05) is 37.5 Å². The van der Waals surface area contributed by atoms with Gasteiger partial charge in [0.1, 0.15) is 22.3 Å². The van der Waals surface area contributed by atoms with Gasteiger partial charge < -0.3 is 20.1 Å². The molecular formula is C20H20N6O2S. The first-order valence-corrected chi connectivity index (χ1v) is 10.0. The zero-order valence-corrected chi connectivity index (χ0v) is 16.8. The lowest BCUT2D eigenvalue weighted by Gasteiger charge is -2.28. The van der Waals surface area contributed by atoms with Gasteiger partial charge in [0.2, 0.25) is 0 Å². The third kappa shape index (κ3) is 4.35. The molecule has 0 atom stereocenters. The number of hydrogen-bond donors (Lipinski definition) is 1. The average Bonchev–Trinajstić information content (AvgIpc) is 3.23. The average molecular weight is 408 g/mol. The van der Waals surface area contributed by atoms with E-state index in [4.69, 9.17) is 15.2 Å². The summed E-state index contributed by atoms with van der Waals surface area (Å²) in [4.78, 5) is 6.81. The highest BCUT2D eigenvalue weighted by Crippen LogP contribution is 2.36. The van der Waals surface area contributed by atoms with E-state index in [1.165, 1.54) is 11.3 Å². The van der Waals surface area contributed by atoms with Crippen molar-refractivity contribution in [2.75, 3.05) is 31.2 Å². The van der Waals surface area contributed by atoms with Crippen LogP contribution >= 0.6 is 11.3 Å². The Morgan fingerprint density at radius 3 is 2.79 bits per heavy atom. The standard InChI is InChI=1S/C20H20N6O2S/c1-13-8-15(10-18(23-13)26-4-6-27-7-5-26)28-17-9-14(11-21)2-3-16(17)20-25-24-19(12-22)29-20/h2-3,8-10H,4-7,12,22H2,1H3. The van der Waals surface area contributed by atoms with Crippen molar-refractivity contribution in [3.05, 3.63) is 46.6 Å². The van der Waals surface area contributed by atoms with E-state index in [0.29, 0.717) is 41.8 Å². The van der Waals surface area contributed by atoms with Gasteiger partial charge in [0.25, 0.3) is 0 Å². The minimum atomic E-state index is 0.330. The van der Waals surface area contributed by atoms with Crippen LogP contribution in [0, 0.1) is 18.3 Å². The summed E-state index contributed by atoms with van der Waals surface area (Å²) in [6, 6.07) is 11.2. The number of hydrogen-bond acceptors (Lipinski definition) is 9. The molecule has 148 valence electrons. The Morgan fingerprint density at radius 2 is 2.07 bits per heavy atom. The van der Waals surface area contributed by atoms with E-state index in [2.05, 4.69) is 26.2 Å². The first kappa shape index (κ1) is 19.3. The third-order valence-electron chi connectivity index (χ3n) is 4.46. The summed E-state index contributed by atoms with van der Waals surface area (Å²) in [5, 5.41) is 19.1. The van der Waals surface area contributed by atoms with E-state index < -0.39 is 0 Å². The molecule has 0 bridgehead atoms. The van der Waals surface area contributed by atoms with Crippen LogP contribution in [0.5, 0.6) is 11.5 Å². The minimum absolute atomic E-state index is 0.330. The number of pyridine rings is 1. The summed E-state index contributed by atoms with van der Waals surface area (Å²) in [5.41, 5.74) is 7.79. The molecule has 0 unspecified atom stereocenters. The lowest BCUT2D eigenvalue weighted by atomic mass is 10.1. The normalized spacial score (nSPS) is 13.9. The van der Waals surface area contributed by atoms with Crippen molar-refractivity contribution in [1.29, 1.82) is 5.26 Å². The van der Waals surface area contributed by atoms with Crippen LogP contribution in [0.25, 0.3) is 10.6 Å². The van der Waals surface area contributed by atoms with Gasteiger partial charge in [-0.1, -0.05) is 11.3 Å². The zero-order chi connectivity index (χ0) is 20.2. The molecule has 0 aliphatic carbocycles. The highest BCUT2D eigenvalue weighted by Gasteiger charge is 2.17. The van der Waals surface area contributed by atoms with Crippen molar-refractivity contribution >= 4 is 17.2 Å². The molecule has 3 heterocycles. The number of nitrogens with zero attached hydrogens (tertiary/aromatic N) is 5. The molecule has 1 fully saturated rings. The number of benzene rings is 1. The Kier molecular flexibility index (Phi) is 5.67. The second-order valence-corrected chi connectivity index (χ2v) is 7.59. The predicted octanol–water partition coefficient (Wildman–Crippen LogP) is 2.87. The van der Waals surface area contributed by atoms with Gasteiger partial charge >= 0.3 is 0 Å². The summed E-state index contributed by atoms with van der Waals surface area (Å²) in [6.07, 6.45) is 0. The Hall–Kier alpha value is -3.06. The largest absolute Gasteiger partial charge is 0.456 e. The van der Waals surface area contributed by atoms with Crippen LogP contribution in [-0.2, 0) is 11.3 Å². The minimum Gasteiger partial charge on any atom is -0.456 e. The van der Waals surface area contributed by atoms with Gasteiger partial charge in [-0.2, -0.15) is 5.26 Å². The van der Waals surface area contributed by atoms with Crippen molar-refractivity contribution in [3.63, 3.8) is 0 Å². The molecule has 1 saturated heterocycles. The van der Waals surface area contributed by atoms with Crippen molar-refractivity contribution in [2.24, 2.45) is 5.73 Å². The van der Waals surface area contributed by atoms with E-state index >= 15 is 0 Å². The fourth-order valence-electron chi connectivity index (χ4n) is 3.06. The molecule has 1 aromatic carbocycles. The maximum absolute atomic E-state index is 9.31. The molecule has 3 aromatic rings. The molecule has 8 nitrogen and oxygen atoms in total. The Morgan fingerprint density at radius 1 is 1.24 bits per heavy atom. The van der Waals surface area contributed by atoms with Crippen LogP contribution in [0.2, 0.25) is 0 Å². The van der Waals surface area contributed by atoms with E-state index in [9.17, 15) is 5.26 Å². The molecule has 1 aliphatic heterocycles. The highest BCUT2D eigenvalue weighted by atomic mass is 32.1. The fraction of sp³-hybridized carbons (Fsp3) is 0.300. The molecule has 0 saturated carbocycles. The summed E-state index contributed by atoms with van der Waals surface area (Å²) in [7, 11) is 0. The highest BCUT2D eigenvalue weighted by molar-refractivity contribution is 7.14. The van der Waals surface area contributed by atoms with Crippen LogP contribution in [0.4, 0.5) is 5.82 Å². The number of ether oxygens (including phenoxy) is 2. The Bertz CT molecular complexity index is 1060. The molecule has 2 aromatic heterocycles. The second-order valence-electron chi connectivity index (χ2n) is 6.53. The number of nitrogens with two attached hydrogens (primary N) is 1. The molecule has 1 aliphatic rings. The first-order chi connectivity index (χ1) is 14.2. The number of rotatable bonds is 5. The Balaban J connectivity index is 1.70. The zero-order valence-electron chi connectivity index (χ0n) is 16.0. The molecule has 0 radical (unpaired) electrons. The van der Waals surface area contributed by atoms with Gasteiger partial charge in [-0.25, -0.2) is 4.98 Å². The summed E-state index contributed by atoms with van der Waals surface area (Å²) in [6.45, 7) is 5.20. The monoisotopic (exact) mass is 408 g/mol. The van der Waals surface area contributed by atoms with Crippen molar-refractivity contribution in [3.8, 4) is 28.1 Å². The summed E-state index contributed by atoms with van der Waals surface area (Å²) < 4.78 is 11.6. The number of aryl methyl sites for hydroxylation is 1. The van der Waals surface area contributed by atoms with Gasteiger partial charge in [-0.05, 0) is 25.1 Å². The van der Waals surface area contributed by atoms with Crippen LogP contribution in [-0.4, -0.2) is 41.5 Å². The van der Waals surface area contributed by atoms with Crippen molar-refractivity contribution in [2.45, 2.75) is 13.5 Å². The first-order valence-electron chi connectivity index (χ1n) is 9.22. The predicted molar refractivity (Wildman–Crippen MR) is 110 cm³/mol. The summed E-state index contributed by atoms with van der Waals surface area (Å²) in [5.74, 6) is 2.05. The molecule has 9 heteroatoms. The smallest absolute Gasteiger partial charge is 0.151 e. The molecule has 29 heavy (non-hydrogen) atoms.